The van der Waals surface area contributed by atoms with Crippen molar-refractivity contribution >= 4 is 17.3 Å². The Hall–Kier alpha value is -1.54. The number of hydrogen-bond acceptors (Lipinski definition) is 1. The smallest absolute Gasteiger partial charge is 0.125 e. The second kappa shape index (κ2) is 3.91. The van der Waals surface area contributed by atoms with Crippen LogP contribution in [0.3, 0.4) is 0 Å². The van der Waals surface area contributed by atoms with E-state index in [0.29, 0.717) is 10.7 Å². The first kappa shape index (κ1) is 9.99. The molecule has 2 aromatic carbocycles. The highest BCUT2D eigenvalue weighted by Crippen LogP contribution is 2.25. The van der Waals surface area contributed by atoms with Crippen molar-refractivity contribution in [1.82, 2.24) is 0 Å². The summed E-state index contributed by atoms with van der Waals surface area (Å²) >= 11 is 5.77. The van der Waals surface area contributed by atoms with E-state index in [1.165, 1.54) is 12.1 Å². The van der Waals surface area contributed by atoms with Gasteiger partial charge in [0.1, 0.15) is 5.82 Å². The fraction of sp³-hybridized carbons (Fsp3) is 0. The number of anilines is 1. The summed E-state index contributed by atoms with van der Waals surface area (Å²) in [5.41, 5.74) is 7.88. The molecule has 0 saturated carbocycles. The Morgan fingerprint density at radius 1 is 1.00 bits per heavy atom. The number of benzene rings is 2. The van der Waals surface area contributed by atoms with Crippen LogP contribution < -0.4 is 5.73 Å². The van der Waals surface area contributed by atoms with Crippen LogP contribution in [-0.4, -0.2) is 0 Å². The summed E-state index contributed by atoms with van der Waals surface area (Å²) in [5.74, 6) is -0.347. The van der Waals surface area contributed by atoms with Gasteiger partial charge >= 0.3 is 0 Å². The highest BCUT2D eigenvalue weighted by Gasteiger charge is 2.02. The first-order chi connectivity index (χ1) is 7.15. The van der Waals surface area contributed by atoms with Crippen molar-refractivity contribution < 1.29 is 4.39 Å². The maximum absolute atomic E-state index is 13.1. The van der Waals surface area contributed by atoms with E-state index in [1.807, 2.05) is 12.1 Å². The monoisotopic (exact) mass is 221 g/mol. The number of hydrogen-bond donors (Lipinski definition) is 1. The number of nitrogen functional groups attached to an aromatic ring is 1. The number of nitrogens with two attached hydrogens (primary N) is 1. The van der Waals surface area contributed by atoms with E-state index in [1.54, 1.807) is 18.2 Å². The summed E-state index contributed by atoms with van der Waals surface area (Å²) in [6.07, 6.45) is 0. The molecule has 3 heteroatoms. The van der Waals surface area contributed by atoms with Crippen LogP contribution in [0.25, 0.3) is 11.1 Å². The Morgan fingerprint density at radius 3 is 2.47 bits per heavy atom. The predicted octanol–water partition coefficient (Wildman–Crippen LogP) is 3.73. The van der Waals surface area contributed by atoms with Gasteiger partial charge in [-0.05, 0) is 41.5 Å². The van der Waals surface area contributed by atoms with Crippen molar-refractivity contribution in [3.8, 4) is 11.1 Å². The van der Waals surface area contributed by atoms with E-state index in [2.05, 4.69) is 0 Å². The van der Waals surface area contributed by atoms with Gasteiger partial charge in [0.15, 0.2) is 0 Å². The van der Waals surface area contributed by atoms with Gasteiger partial charge in [0.2, 0.25) is 0 Å². The molecule has 0 atom stereocenters. The van der Waals surface area contributed by atoms with Gasteiger partial charge < -0.3 is 5.73 Å². The molecule has 15 heavy (non-hydrogen) atoms. The molecule has 0 bridgehead atoms. The fourth-order valence-electron chi connectivity index (χ4n) is 1.44. The molecule has 2 rings (SSSR count). The van der Waals surface area contributed by atoms with Gasteiger partial charge in [-0.15, -0.1) is 0 Å². The lowest BCUT2D eigenvalue weighted by atomic mass is 10.1. The molecule has 1 nitrogen and oxygen atoms in total. The lowest BCUT2D eigenvalue weighted by Gasteiger charge is -2.03. The van der Waals surface area contributed by atoms with E-state index >= 15 is 0 Å². The molecule has 0 spiro atoms. The van der Waals surface area contributed by atoms with Crippen molar-refractivity contribution in [3.05, 3.63) is 53.3 Å². The zero-order valence-corrected chi connectivity index (χ0v) is 8.63. The minimum Gasteiger partial charge on any atom is -0.399 e. The van der Waals surface area contributed by atoms with Gasteiger partial charge in [-0.2, -0.15) is 0 Å². The lowest BCUT2D eigenvalue weighted by Crippen LogP contribution is -1.86. The normalized spacial score (nSPS) is 10.3. The third-order valence-corrected chi connectivity index (χ3v) is 2.30. The van der Waals surface area contributed by atoms with Crippen molar-refractivity contribution in [2.75, 3.05) is 5.73 Å². The molecule has 0 aliphatic rings. The van der Waals surface area contributed by atoms with Gasteiger partial charge in [-0.3, -0.25) is 0 Å². The molecule has 0 amide bonds. The van der Waals surface area contributed by atoms with E-state index in [0.717, 1.165) is 11.1 Å². The Labute approximate surface area is 92.3 Å². The highest BCUT2D eigenvalue weighted by atomic mass is 35.5. The highest BCUT2D eigenvalue weighted by molar-refractivity contribution is 6.30. The fourth-order valence-corrected chi connectivity index (χ4v) is 1.66. The maximum Gasteiger partial charge on any atom is 0.125 e. The Balaban J connectivity index is 2.54. The molecule has 2 N–H and O–H groups in total. The quantitative estimate of drug-likeness (QED) is 0.730. The molecule has 0 radical (unpaired) electrons. The first-order valence-corrected chi connectivity index (χ1v) is 4.85. The largest absolute Gasteiger partial charge is 0.399 e. The predicted molar refractivity (Wildman–Crippen MR) is 61.3 cm³/mol. The van der Waals surface area contributed by atoms with E-state index < -0.39 is 0 Å². The second-order valence-corrected chi connectivity index (χ2v) is 3.72. The minimum absolute atomic E-state index is 0.347. The van der Waals surface area contributed by atoms with E-state index in [9.17, 15) is 4.39 Å². The molecular formula is C12H9ClFN. The van der Waals surface area contributed by atoms with Gasteiger partial charge in [0.05, 0.1) is 0 Å². The zero-order chi connectivity index (χ0) is 10.8. The van der Waals surface area contributed by atoms with Gasteiger partial charge in [-0.1, -0.05) is 23.7 Å². The molecule has 0 unspecified atom stereocenters. The van der Waals surface area contributed by atoms with Crippen LogP contribution in [0.4, 0.5) is 10.1 Å². The maximum atomic E-state index is 13.1. The number of halogens is 2. The molecule has 0 aromatic heterocycles. The topological polar surface area (TPSA) is 26.0 Å². The summed E-state index contributed by atoms with van der Waals surface area (Å²) in [6, 6.07) is 11.7. The first-order valence-electron chi connectivity index (χ1n) is 4.47. The van der Waals surface area contributed by atoms with Crippen LogP contribution >= 0.6 is 11.6 Å². The molecule has 76 valence electrons. The summed E-state index contributed by atoms with van der Waals surface area (Å²) in [7, 11) is 0. The van der Waals surface area contributed by atoms with E-state index in [-0.39, 0.29) is 5.82 Å². The molecule has 0 heterocycles. The van der Waals surface area contributed by atoms with Crippen LogP contribution in [0.1, 0.15) is 0 Å². The van der Waals surface area contributed by atoms with Crippen molar-refractivity contribution in [3.63, 3.8) is 0 Å². The standard InChI is InChI=1S/C12H9ClFN/c13-10-4-9(5-11(14)7-10)8-2-1-3-12(15)6-8/h1-7H,15H2. The molecule has 0 saturated heterocycles. The lowest BCUT2D eigenvalue weighted by molar-refractivity contribution is 0.628. The average molecular weight is 222 g/mol. The van der Waals surface area contributed by atoms with Gasteiger partial charge in [-0.25, -0.2) is 4.39 Å². The van der Waals surface area contributed by atoms with Crippen LogP contribution in [0.2, 0.25) is 5.02 Å². The molecule has 0 fully saturated rings. The van der Waals surface area contributed by atoms with Crippen LogP contribution in [0.5, 0.6) is 0 Å². The number of rotatable bonds is 1. The van der Waals surface area contributed by atoms with Crippen molar-refractivity contribution in [2.45, 2.75) is 0 Å². The van der Waals surface area contributed by atoms with E-state index in [4.69, 9.17) is 17.3 Å². The third-order valence-electron chi connectivity index (χ3n) is 2.08. The van der Waals surface area contributed by atoms with Crippen molar-refractivity contribution in [1.29, 1.82) is 0 Å². The van der Waals surface area contributed by atoms with Gasteiger partial charge in [0, 0.05) is 10.7 Å². The average Bonchev–Trinajstić information content (AvgIpc) is 2.16. The summed E-state index contributed by atoms with van der Waals surface area (Å²) in [6.45, 7) is 0. The summed E-state index contributed by atoms with van der Waals surface area (Å²) in [5, 5.41) is 0.382. The van der Waals surface area contributed by atoms with Crippen LogP contribution in [0, 0.1) is 5.82 Å². The molecule has 2 aromatic rings. The van der Waals surface area contributed by atoms with Crippen LogP contribution in [-0.2, 0) is 0 Å². The third kappa shape index (κ3) is 2.28. The SMILES string of the molecule is Nc1cccc(-c2cc(F)cc(Cl)c2)c1. The van der Waals surface area contributed by atoms with Crippen molar-refractivity contribution in [2.24, 2.45) is 0 Å². The molecule has 0 aliphatic heterocycles. The second-order valence-electron chi connectivity index (χ2n) is 3.28. The minimum atomic E-state index is -0.347. The van der Waals surface area contributed by atoms with Gasteiger partial charge in [0.25, 0.3) is 0 Å². The Kier molecular flexibility index (Phi) is 2.60. The molecule has 0 aliphatic carbocycles. The Bertz CT molecular complexity index is 476. The molecular weight excluding hydrogens is 213 g/mol. The Morgan fingerprint density at radius 2 is 1.80 bits per heavy atom. The summed E-state index contributed by atoms with van der Waals surface area (Å²) < 4.78 is 13.1. The summed E-state index contributed by atoms with van der Waals surface area (Å²) in [4.78, 5) is 0. The van der Waals surface area contributed by atoms with Crippen LogP contribution in [0.15, 0.2) is 42.5 Å². The zero-order valence-electron chi connectivity index (χ0n) is 7.87.